The van der Waals surface area contributed by atoms with E-state index in [0.717, 1.165) is 6.54 Å². The molecule has 0 bridgehead atoms. The number of rotatable bonds is 1. The van der Waals surface area contributed by atoms with Crippen LogP contribution in [-0.4, -0.2) is 20.6 Å². The molecule has 1 atom stereocenters. The van der Waals surface area contributed by atoms with E-state index in [2.05, 4.69) is 43.7 Å². The van der Waals surface area contributed by atoms with Crippen molar-refractivity contribution in [3.05, 3.63) is 35.4 Å². The summed E-state index contributed by atoms with van der Waals surface area (Å²) in [6.45, 7) is 2.37. The van der Waals surface area contributed by atoms with Gasteiger partial charge in [0.25, 0.3) is 0 Å². The molecule has 0 radical (unpaired) electrons. The third kappa shape index (κ3) is 1.60. The first-order valence-corrected chi connectivity index (χ1v) is 4.98. The number of quaternary nitrogens is 2. The second kappa shape index (κ2) is 3.48. The number of nitrogens with one attached hydrogen (secondary N) is 1. The molecule has 70 valence electrons. The zero-order valence-corrected chi connectivity index (χ0v) is 8.38. The van der Waals surface area contributed by atoms with Crippen molar-refractivity contribution in [1.29, 1.82) is 0 Å². The quantitative estimate of drug-likeness (QED) is 0.547. The SMILES string of the molecule is C[NH+](C)[C@@H]1C[NH2+]Cc2ccccc21. The molecule has 0 aromatic heterocycles. The number of fused-ring (bicyclic) bond motifs is 1. The molecule has 1 aromatic rings. The van der Waals surface area contributed by atoms with Crippen LogP contribution < -0.4 is 10.2 Å². The van der Waals surface area contributed by atoms with Crippen LogP contribution in [0, 0.1) is 0 Å². The Kier molecular flexibility index (Phi) is 2.34. The number of likely N-dealkylation sites (N-methyl/N-ethyl adjacent to an activating group) is 1. The van der Waals surface area contributed by atoms with Crippen LogP contribution >= 0.6 is 0 Å². The van der Waals surface area contributed by atoms with Crippen LogP contribution in [0.3, 0.4) is 0 Å². The summed E-state index contributed by atoms with van der Waals surface area (Å²) in [5, 5.41) is 2.40. The highest BCUT2D eigenvalue weighted by Gasteiger charge is 2.26. The molecule has 0 amide bonds. The molecule has 1 heterocycles. The van der Waals surface area contributed by atoms with Crippen molar-refractivity contribution < 1.29 is 10.2 Å². The lowest BCUT2D eigenvalue weighted by Crippen LogP contribution is -3.10. The maximum absolute atomic E-state index is 2.40. The van der Waals surface area contributed by atoms with Crippen molar-refractivity contribution >= 4 is 0 Å². The fraction of sp³-hybridized carbons (Fsp3) is 0.455. The lowest BCUT2D eigenvalue weighted by atomic mass is 9.96. The van der Waals surface area contributed by atoms with E-state index < -0.39 is 0 Å². The second-order valence-electron chi connectivity index (χ2n) is 4.06. The van der Waals surface area contributed by atoms with Gasteiger partial charge >= 0.3 is 0 Å². The monoisotopic (exact) mass is 178 g/mol. The second-order valence-corrected chi connectivity index (χ2v) is 4.06. The highest BCUT2D eigenvalue weighted by atomic mass is 15.1. The minimum atomic E-state index is 0.671. The standard InChI is InChI=1S/C11H16N2/c1-13(2)11-8-12-7-9-5-3-4-6-10(9)11/h3-6,11-12H,7-8H2,1-2H3/p+2/t11-/m1/s1. The first-order valence-electron chi connectivity index (χ1n) is 4.98. The summed E-state index contributed by atoms with van der Waals surface area (Å²) < 4.78 is 0. The molecule has 1 aromatic carbocycles. The van der Waals surface area contributed by atoms with E-state index in [-0.39, 0.29) is 0 Å². The predicted octanol–water partition coefficient (Wildman–Crippen LogP) is -1.05. The molecule has 0 fully saturated rings. The average Bonchev–Trinajstić information content (AvgIpc) is 2.17. The van der Waals surface area contributed by atoms with Gasteiger partial charge in [0.1, 0.15) is 13.1 Å². The summed E-state index contributed by atoms with van der Waals surface area (Å²) in [6.07, 6.45) is 0. The molecule has 1 aliphatic rings. The zero-order chi connectivity index (χ0) is 9.26. The van der Waals surface area contributed by atoms with Crippen molar-refractivity contribution in [2.24, 2.45) is 0 Å². The third-order valence-corrected chi connectivity index (χ3v) is 2.89. The molecule has 0 saturated carbocycles. The fourth-order valence-electron chi connectivity index (χ4n) is 2.14. The van der Waals surface area contributed by atoms with Crippen molar-refractivity contribution in [3.8, 4) is 0 Å². The Morgan fingerprint density at radius 1 is 1.31 bits per heavy atom. The van der Waals surface area contributed by atoms with Crippen LogP contribution in [0.1, 0.15) is 17.2 Å². The highest BCUT2D eigenvalue weighted by Crippen LogP contribution is 2.15. The highest BCUT2D eigenvalue weighted by molar-refractivity contribution is 5.29. The molecular weight excluding hydrogens is 160 g/mol. The maximum Gasteiger partial charge on any atom is 0.163 e. The van der Waals surface area contributed by atoms with Crippen molar-refractivity contribution in [2.75, 3.05) is 20.6 Å². The van der Waals surface area contributed by atoms with Crippen molar-refractivity contribution in [2.45, 2.75) is 12.6 Å². The number of hydrogen-bond donors (Lipinski definition) is 2. The van der Waals surface area contributed by atoms with Gasteiger partial charge in [-0.3, -0.25) is 0 Å². The molecule has 0 aliphatic carbocycles. The van der Waals surface area contributed by atoms with Crippen LogP contribution in [0.5, 0.6) is 0 Å². The topological polar surface area (TPSA) is 21.1 Å². The summed E-state index contributed by atoms with van der Waals surface area (Å²) in [6, 6.07) is 9.49. The fourth-order valence-corrected chi connectivity index (χ4v) is 2.14. The molecule has 0 unspecified atom stereocenters. The van der Waals surface area contributed by atoms with E-state index in [1.165, 1.54) is 17.0 Å². The Morgan fingerprint density at radius 3 is 2.85 bits per heavy atom. The first-order chi connectivity index (χ1) is 6.29. The molecule has 2 rings (SSSR count). The van der Waals surface area contributed by atoms with E-state index in [9.17, 15) is 0 Å². The lowest BCUT2D eigenvalue weighted by molar-refractivity contribution is -0.912. The predicted molar refractivity (Wildman–Crippen MR) is 52.5 cm³/mol. The van der Waals surface area contributed by atoms with Crippen LogP contribution in [0.15, 0.2) is 24.3 Å². The third-order valence-electron chi connectivity index (χ3n) is 2.89. The smallest absolute Gasteiger partial charge is 0.163 e. The Hall–Kier alpha value is -0.860. The van der Waals surface area contributed by atoms with Gasteiger partial charge < -0.3 is 10.2 Å². The van der Waals surface area contributed by atoms with Gasteiger partial charge in [-0.1, -0.05) is 24.3 Å². The van der Waals surface area contributed by atoms with Gasteiger partial charge in [0.2, 0.25) is 0 Å². The molecule has 3 N–H and O–H groups in total. The van der Waals surface area contributed by atoms with Gasteiger partial charge in [0, 0.05) is 11.1 Å². The van der Waals surface area contributed by atoms with Crippen LogP contribution in [-0.2, 0) is 6.54 Å². The van der Waals surface area contributed by atoms with Crippen LogP contribution in [0.4, 0.5) is 0 Å². The molecule has 13 heavy (non-hydrogen) atoms. The van der Waals surface area contributed by atoms with Gasteiger partial charge in [0.05, 0.1) is 14.1 Å². The lowest BCUT2D eigenvalue weighted by Gasteiger charge is -2.26. The normalized spacial score (nSPS) is 21.6. The van der Waals surface area contributed by atoms with Gasteiger partial charge in [-0.2, -0.15) is 0 Å². The average molecular weight is 178 g/mol. The van der Waals surface area contributed by atoms with Gasteiger partial charge in [0.15, 0.2) is 6.04 Å². The Bertz CT molecular complexity index is 294. The van der Waals surface area contributed by atoms with Crippen molar-refractivity contribution in [1.82, 2.24) is 0 Å². The zero-order valence-electron chi connectivity index (χ0n) is 8.38. The van der Waals surface area contributed by atoms with E-state index in [1.807, 2.05) is 0 Å². The van der Waals surface area contributed by atoms with Gasteiger partial charge in [-0.05, 0) is 0 Å². The summed E-state index contributed by atoms with van der Waals surface area (Å²) in [4.78, 5) is 1.53. The molecule has 2 nitrogen and oxygen atoms in total. The molecule has 1 aliphatic heterocycles. The van der Waals surface area contributed by atoms with E-state index in [0.29, 0.717) is 6.04 Å². The van der Waals surface area contributed by atoms with Gasteiger partial charge in [-0.15, -0.1) is 0 Å². The number of hydrogen-bond acceptors (Lipinski definition) is 0. The van der Waals surface area contributed by atoms with E-state index in [1.54, 1.807) is 5.56 Å². The number of benzene rings is 1. The maximum atomic E-state index is 2.40. The van der Waals surface area contributed by atoms with E-state index >= 15 is 0 Å². The Morgan fingerprint density at radius 2 is 2.08 bits per heavy atom. The largest absolute Gasteiger partial charge is 0.337 e. The summed E-state index contributed by atoms with van der Waals surface area (Å²) in [5.41, 5.74) is 3.06. The summed E-state index contributed by atoms with van der Waals surface area (Å²) in [7, 11) is 4.47. The molecule has 0 saturated heterocycles. The van der Waals surface area contributed by atoms with Crippen LogP contribution in [0.2, 0.25) is 0 Å². The summed E-state index contributed by atoms with van der Waals surface area (Å²) in [5.74, 6) is 0. The number of nitrogens with two attached hydrogens (primary N) is 1. The van der Waals surface area contributed by atoms with E-state index in [4.69, 9.17) is 0 Å². The molecular formula is C11H18N2+2. The Labute approximate surface area is 79.6 Å². The van der Waals surface area contributed by atoms with Gasteiger partial charge in [-0.25, -0.2) is 0 Å². The van der Waals surface area contributed by atoms with Crippen molar-refractivity contribution in [3.63, 3.8) is 0 Å². The Balaban J connectivity index is 2.37. The molecule has 2 heteroatoms. The molecule has 0 spiro atoms. The minimum Gasteiger partial charge on any atom is -0.337 e. The summed E-state index contributed by atoms with van der Waals surface area (Å²) >= 11 is 0. The van der Waals surface area contributed by atoms with Crippen LogP contribution in [0.25, 0.3) is 0 Å². The first kappa shape index (κ1) is 8.73. The minimum absolute atomic E-state index is 0.671.